The first kappa shape index (κ1) is 16.1. The molecule has 0 N–H and O–H groups in total. The highest BCUT2D eigenvalue weighted by Crippen LogP contribution is 2.16. The lowest BCUT2D eigenvalue weighted by Crippen LogP contribution is -2.26. The molecule has 2 rings (SSSR count). The summed E-state index contributed by atoms with van der Waals surface area (Å²) in [6.07, 6.45) is 0. The fourth-order valence-corrected chi connectivity index (χ4v) is 2.01. The third-order valence-corrected chi connectivity index (χ3v) is 3.24. The van der Waals surface area contributed by atoms with Crippen LogP contribution in [0, 0.1) is 20.2 Å². The van der Waals surface area contributed by atoms with Gasteiger partial charge in [0.15, 0.2) is 0 Å². The van der Waals surface area contributed by atoms with Crippen LogP contribution in [0.4, 0.5) is 11.4 Å². The number of hydrogen-bond acceptors (Lipinski definition) is 5. The molecule has 0 spiro atoms. The van der Waals surface area contributed by atoms with Crippen molar-refractivity contribution in [1.29, 1.82) is 0 Å². The summed E-state index contributed by atoms with van der Waals surface area (Å²) in [4.78, 5) is 33.9. The first-order valence-corrected chi connectivity index (χ1v) is 6.61. The van der Waals surface area contributed by atoms with Gasteiger partial charge >= 0.3 is 0 Å². The van der Waals surface area contributed by atoms with Crippen LogP contribution in [-0.2, 0) is 6.54 Å². The van der Waals surface area contributed by atoms with Gasteiger partial charge in [-0.25, -0.2) is 0 Å². The van der Waals surface area contributed by atoms with Gasteiger partial charge in [0.1, 0.15) is 0 Å². The van der Waals surface area contributed by atoms with Gasteiger partial charge in [0, 0.05) is 43.4 Å². The number of non-ortho nitro benzene ring substituents is 2. The van der Waals surface area contributed by atoms with E-state index in [0.717, 1.165) is 5.56 Å². The number of carbonyl (C=O) groups is 1. The summed E-state index contributed by atoms with van der Waals surface area (Å²) in [7, 11) is 1.59. The van der Waals surface area contributed by atoms with E-state index in [1.54, 1.807) is 19.2 Å². The van der Waals surface area contributed by atoms with E-state index in [0.29, 0.717) is 5.56 Å². The zero-order valence-electron chi connectivity index (χ0n) is 12.2. The van der Waals surface area contributed by atoms with Crippen LogP contribution < -0.4 is 0 Å². The van der Waals surface area contributed by atoms with Gasteiger partial charge in [0.25, 0.3) is 17.3 Å². The SMILES string of the molecule is CN(Cc1ccc([N+](=O)[O-])cc1)C(=O)c1ccc([N+](=O)[O-])cc1. The minimum absolute atomic E-state index is 0.0156. The van der Waals surface area contributed by atoms with Crippen molar-refractivity contribution in [2.24, 2.45) is 0 Å². The summed E-state index contributed by atoms with van der Waals surface area (Å²) in [5, 5.41) is 21.2. The molecule has 0 heterocycles. The van der Waals surface area contributed by atoms with Crippen molar-refractivity contribution in [2.45, 2.75) is 6.54 Å². The lowest BCUT2D eigenvalue weighted by molar-refractivity contribution is -0.385. The molecule has 0 aliphatic carbocycles. The van der Waals surface area contributed by atoms with Gasteiger partial charge in [0.05, 0.1) is 9.85 Å². The van der Waals surface area contributed by atoms with Gasteiger partial charge in [-0.1, -0.05) is 12.1 Å². The van der Waals surface area contributed by atoms with E-state index in [-0.39, 0.29) is 23.8 Å². The molecule has 23 heavy (non-hydrogen) atoms. The molecule has 0 saturated heterocycles. The van der Waals surface area contributed by atoms with Gasteiger partial charge in [-0.2, -0.15) is 0 Å². The number of nitro groups is 2. The van der Waals surface area contributed by atoms with E-state index < -0.39 is 9.85 Å². The maximum Gasteiger partial charge on any atom is 0.269 e. The Hall–Kier alpha value is -3.29. The molecule has 0 aliphatic heterocycles. The van der Waals surface area contributed by atoms with Gasteiger partial charge in [-0.3, -0.25) is 25.0 Å². The number of carbonyl (C=O) groups excluding carboxylic acids is 1. The van der Waals surface area contributed by atoms with E-state index in [1.165, 1.54) is 41.3 Å². The van der Waals surface area contributed by atoms with E-state index in [1.807, 2.05) is 0 Å². The van der Waals surface area contributed by atoms with Crippen molar-refractivity contribution >= 4 is 17.3 Å². The number of amides is 1. The number of hydrogen-bond donors (Lipinski definition) is 0. The van der Waals surface area contributed by atoms with Crippen LogP contribution in [0.25, 0.3) is 0 Å². The highest BCUT2D eigenvalue weighted by atomic mass is 16.6. The van der Waals surface area contributed by atoms with Gasteiger partial charge in [0.2, 0.25) is 0 Å². The summed E-state index contributed by atoms with van der Waals surface area (Å²) in [6, 6.07) is 11.2. The highest BCUT2D eigenvalue weighted by Gasteiger charge is 2.14. The van der Waals surface area contributed by atoms with E-state index in [2.05, 4.69) is 0 Å². The molecular formula is C15H13N3O5. The van der Waals surface area contributed by atoms with Crippen molar-refractivity contribution in [3.63, 3.8) is 0 Å². The zero-order valence-corrected chi connectivity index (χ0v) is 12.2. The van der Waals surface area contributed by atoms with Crippen LogP contribution in [0.2, 0.25) is 0 Å². The molecule has 2 aromatic rings. The Balaban J connectivity index is 2.07. The second kappa shape index (κ2) is 6.65. The largest absolute Gasteiger partial charge is 0.337 e. The standard InChI is InChI=1S/C15H13N3O5/c1-16(10-11-2-6-13(7-3-11)17(20)21)15(19)12-4-8-14(9-5-12)18(22)23/h2-9H,10H2,1H3. The Morgan fingerprint density at radius 3 is 1.78 bits per heavy atom. The zero-order chi connectivity index (χ0) is 17.0. The summed E-state index contributed by atoms with van der Waals surface area (Å²) < 4.78 is 0. The molecule has 0 saturated carbocycles. The second-order valence-electron chi connectivity index (χ2n) is 4.89. The minimum Gasteiger partial charge on any atom is -0.337 e. The number of benzene rings is 2. The normalized spacial score (nSPS) is 10.1. The van der Waals surface area contributed by atoms with Crippen molar-refractivity contribution in [3.05, 3.63) is 79.9 Å². The highest BCUT2D eigenvalue weighted by molar-refractivity contribution is 5.94. The smallest absolute Gasteiger partial charge is 0.269 e. The molecule has 0 radical (unpaired) electrons. The van der Waals surface area contributed by atoms with Crippen molar-refractivity contribution in [2.75, 3.05) is 7.05 Å². The molecule has 8 nitrogen and oxygen atoms in total. The molecule has 8 heteroatoms. The van der Waals surface area contributed by atoms with Crippen LogP contribution in [0.15, 0.2) is 48.5 Å². The predicted molar refractivity (Wildman–Crippen MR) is 82.0 cm³/mol. The molecule has 0 fully saturated rings. The lowest BCUT2D eigenvalue weighted by Gasteiger charge is -2.17. The van der Waals surface area contributed by atoms with E-state index >= 15 is 0 Å². The molecule has 1 amide bonds. The summed E-state index contributed by atoms with van der Waals surface area (Å²) in [5.74, 6) is -0.293. The van der Waals surface area contributed by atoms with Gasteiger partial charge in [-0.15, -0.1) is 0 Å². The van der Waals surface area contributed by atoms with Crippen LogP contribution in [0.1, 0.15) is 15.9 Å². The average Bonchev–Trinajstić information content (AvgIpc) is 2.54. The summed E-state index contributed by atoms with van der Waals surface area (Å²) in [6.45, 7) is 0.272. The number of rotatable bonds is 5. The first-order chi connectivity index (χ1) is 10.9. The van der Waals surface area contributed by atoms with Crippen LogP contribution >= 0.6 is 0 Å². The quantitative estimate of drug-likeness (QED) is 0.623. The fourth-order valence-electron chi connectivity index (χ4n) is 2.01. The maximum atomic E-state index is 12.3. The van der Waals surface area contributed by atoms with Crippen LogP contribution in [-0.4, -0.2) is 27.7 Å². The van der Waals surface area contributed by atoms with Crippen LogP contribution in [0.3, 0.4) is 0 Å². The fraction of sp³-hybridized carbons (Fsp3) is 0.133. The molecule has 118 valence electrons. The Morgan fingerprint density at radius 1 is 0.913 bits per heavy atom. The van der Waals surface area contributed by atoms with E-state index in [4.69, 9.17) is 0 Å². The minimum atomic E-state index is -0.533. The number of nitrogens with zero attached hydrogens (tertiary/aromatic N) is 3. The summed E-state index contributed by atoms with van der Waals surface area (Å²) >= 11 is 0. The van der Waals surface area contributed by atoms with Gasteiger partial charge < -0.3 is 4.90 Å². The number of nitro benzene ring substituents is 2. The van der Waals surface area contributed by atoms with Gasteiger partial charge in [-0.05, 0) is 17.7 Å². The van der Waals surface area contributed by atoms with Crippen molar-refractivity contribution < 1.29 is 14.6 Å². The average molecular weight is 315 g/mol. The first-order valence-electron chi connectivity index (χ1n) is 6.61. The third-order valence-electron chi connectivity index (χ3n) is 3.24. The predicted octanol–water partition coefficient (Wildman–Crippen LogP) is 2.78. The molecule has 0 atom stereocenters. The summed E-state index contributed by atoms with van der Waals surface area (Å²) in [5.41, 5.74) is 0.978. The maximum absolute atomic E-state index is 12.3. The Bertz CT molecular complexity index is 741. The Kier molecular flexibility index (Phi) is 4.65. The topological polar surface area (TPSA) is 107 Å². The molecular weight excluding hydrogens is 302 g/mol. The molecule has 0 aliphatic rings. The Labute approximate surface area is 131 Å². The van der Waals surface area contributed by atoms with Crippen molar-refractivity contribution in [3.8, 4) is 0 Å². The van der Waals surface area contributed by atoms with Crippen LogP contribution in [0.5, 0.6) is 0 Å². The molecule has 0 bridgehead atoms. The molecule has 0 unspecified atom stereocenters. The monoisotopic (exact) mass is 315 g/mol. The van der Waals surface area contributed by atoms with E-state index in [9.17, 15) is 25.0 Å². The third kappa shape index (κ3) is 3.88. The lowest BCUT2D eigenvalue weighted by atomic mass is 10.1. The second-order valence-corrected chi connectivity index (χ2v) is 4.89. The molecule has 2 aromatic carbocycles. The van der Waals surface area contributed by atoms with Crippen molar-refractivity contribution in [1.82, 2.24) is 4.90 Å². The molecule has 0 aromatic heterocycles. The Morgan fingerprint density at radius 2 is 1.35 bits per heavy atom.